The Bertz CT molecular complexity index is 63.5. The lowest BCUT2D eigenvalue weighted by molar-refractivity contribution is 0.138. The molecular weight excluding hydrogens is 102 g/mol. The summed E-state index contributed by atoms with van der Waals surface area (Å²) in [5.74, 6) is 0. The maximum absolute atomic E-state index is 8.83. The molecule has 0 aromatic rings. The third kappa shape index (κ3) is 3.84. The summed E-state index contributed by atoms with van der Waals surface area (Å²) in [6.45, 7) is 6.09. The Morgan fingerprint density at radius 2 is 2.50 bits per heavy atom. The van der Waals surface area contributed by atoms with Crippen molar-refractivity contribution in [3.8, 4) is 0 Å². The normalized spacial score (nSPS) is 13.2. The van der Waals surface area contributed by atoms with Crippen LogP contribution in [0.3, 0.4) is 0 Å². The van der Waals surface area contributed by atoms with E-state index in [9.17, 15) is 0 Å². The summed E-state index contributed by atoms with van der Waals surface area (Å²) in [4.78, 5) is 0. The van der Waals surface area contributed by atoms with Crippen LogP contribution in [0, 0.1) is 0 Å². The Hall–Kier alpha value is -0.340. The van der Waals surface area contributed by atoms with Crippen molar-refractivity contribution in [1.82, 2.24) is 5.32 Å². The molecule has 2 nitrogen and oxygen atoms in total. The van der Waals surface area contributed by atoms with Gasteiger partial charge >= 0.3 is 0 Å². The van der Waals surface area contributed by atoms with Crippen molar-refractivity contribution < 1.29 is 5.11 Å². The minimum Gasteiger partial charge on any atom is -0.379 e. The highest BCUT2D eigenvalue weighted by Gasteiger charge is 1.92. The van der Waals surface area contributed by atoms with E-state index in [1.807, 2.05) is 6.92 Å². The first kappa shape index (κ1) is 7.66. The van der Waals surface area contributed by atoms with Crippen molar-refractivity contribution in [2.24, 2.45) is 0 Å². The van der Waals surface area contributed by atoms with Crippen LogP contribution in [0.15, 0.2) is 12.7 Å². The molecule has 0 aliphatic rings. The second-order valence-corrected chi connectivity index (χ2v) is 1.62. The Morgan fingerprint density at radius 1 is 1.88 bits per heavy atom. The average molecular weight is 115 g/mol. The topological polar surface area (TPSA) is 32.3 Å². The van der Waals surface area contributed by atoms with Crippen LogP contribution in [0.2, 0.25) is 0 Å². The predicted molar refractivity (Wildman–Crippen MR) is 34.5 cm³/mol. The molecular formula is C6H13NO. The lowest BCUT2D eigenvalue weighted by atomic mass is 10.4. The Labute approximate surface area is 50.2 Å². The Morgan fingerprint density at radius 3 is 2.88 bits per heavy atom. The number of rotatable bonds is 4. The number of nitrogens with one attached hydrogen (secondary N) is 1. The van der Waals surface area contributed by atoms with Gasteiger partial charge in [-0.3, -0.25) is 5.32 Å². The molecule has 0 aliphatic heterocycles. The summed E-state index contributed by atoms with van der Waals surface area (Å²) in [6.07, 6.45) is 2.10. The standard InChI is InChI=1S/C6H13NO/c1-3-5-7-6(8)4-2/h3,6-8H,1,4-5H2,2H3. The van der Waals surface area contributed by atoms with Crippen molar-refractivity contribution >= 4 is 0 Å². The van der Waals surface area contributed by atoms with Gasteiger partial charge in [-0.2, -0.15) is 0 Å². The van der Waals surface area contributed by atoms with Gasteiger partial charge in [0, 0.05) is 6.54 Å². The molecule has 0 aliphatic carbocycles. The molecule has 0 aromatic heterocycles. The Balaban J connectivity index is 2.97. The molecule has 48 valence electrons. The van der Waals surface area contributed by atoms with Crippen molar-refractivity contribution in [3.63, 3.8) is 0 Å². The van der Waals surface area contributed by atoms with Gasteiger partial charge in [-0.15, -0.1) is 6.58 Å². The van der Waals surface area contributed by atoms with Crippen LogP contribution in [0.5, 0.6) is 0 Å². The summed E-state index contributed by atoms with van der Waals surface area (Å²) in [7, 11) is 0. The summed E-state index contributed by atoms with van der Waals surface area (Å²) in [5.41, 5.74) is 0. The molecule has 0 rings (SSSR count). The van der Waals surface area contributed by atoms with Crippen LogP contribution in [0.4, 0.5) is 0 Å². The van der Waals surface area contributed by atoms with Crippen LogP contribution in [-0.2, 0) is 0 Å². The summed E-state index contributed by atoms with van der Waals surface area (Å²) >= 11 is 0. The summed E-state index contributed by atoms with van der Waals surface area (Å²) < 4.78 is 0. The van der Waals surface area contributed by atoms with Crippen LogP contribution < -0.4 is 5.32 Å². The fourth-order valence-corrected chi connectivity index (χ4v) is 0.364. The average Bonchev–Trinajstić information content (AvgIpc) is 1.83. The quantitative estimate of drug-likeness (QED) is 0.413. The van der Waals surface area contributed by atoms with Crippen LogP contribution in [0.25, 0.3) is 0 Å². The molecule has 0 radical (unpaired) electrons. The molecule has 1 atom stereocenters. The van der Waals surface area contributed by atoms with E-state index in [-0.39, 0.29) is 6.23 Å². The summed E-state index contributed by atoms with van der Waals surface area (Å²) in [6, 6.07) is 0. The molecule has 0 amide bonds. The molecule has 0 saturated carbocycles. The van der Waals surface area contributed by atoms with Crippen molar-refractivity contribution in [2.45, 2.75) is 19.6 Å². The number of hydrogen-bond donors (Lipinski definition) is 2. The largest absolute Gasteiger partial charge is 0.379 e. The fraction of sp³-hybridized carbons (Fsp3) is 0.667. The summed E-state index contributed by atoms with van der Waals surface area (Å²) in [5, 5.41) is 11.6. The highest BCUT2D eigenvalue weighted by molar-refractivity contribution is 4.69. The minimum absolute atomic E-state index is 0.368. The highest BCUT2D eigenvalue weighted by atomic mass is 16.3. The van der Waals surface area contributed by atoms with Gasteiger partial charge in [0.05, 0.1) is 0 Å². The van der Waals surface area contributed by atoms with Gasteiger partial charge in [0.2, 0.25) is 0 Å². The van der Waals surface area contributed by atoms with E-state index in [4.69, 9.17) is 5.11 Å². The van der Waals surface area contributed by atoms with Crippen molar-refractivity contribution in [2.75, 3.05) is 6.54 Å². The first-order valence-electron chi connectivity index (χ1n) is 2.83. The van der Waals surface area contributed by atoms with E-state index in [0.717, 1.165) is 6.42 Å². The molecule has 0 aromatic carbocycles. The second-order valence-electron chi connectivity index (χ2n) is 1.62. The van der Waals surface area contributed by atoms with Gasteiger partial charge in [0.1, 0.15) is 6.23 Å². The first-order valence-corrected chi connectivity index (χ1v) is 2.83. The maximum atomic E-state index is 8.83. The molecule has 2 heteroatoms. The van der Waals surface area contributed by atoms with Crippen LogP contribution >= 0.6 is 0 Å². The van der Waals surface area contributed by atoms with Gasteiger partial charge in [-0.05, 0) is 6.42 Å². The van der Waals surface area contributed by atoms with E-state index in [0.29, 0.717) is 6.54 Å². The van der Waals surface area contributed by atoms with Gasteiger partial charge in [0.15, 0.2) is 0 Å². The number of hydrogen-bond acceptors (Lipinski definition) is 2. The lowest BCUT2D eigenvalue weighted by Crippen LogP contribution is -2.27. The molecule has 2 N–H and O–H groups in total. The number of aliphatic hydroxyl groups is 1. The fourth-order valence-electron chi connectivity index (χ4n) is 0.364. The molecule has 0 bridgehead atoms. The van der Waals surface area contributed by atoms with E-state index < -0.39 is 0 Å². The van der Waals surface area contributed by atoms with Crippen molar-refractivity contribution in [3.05, 3.63) is 12.7 Å². The highest BCUT2D eigenvalue weighted by Crippen LogP contribution is 1.81. The second kappa shape index (κ2) is 4.81. The minimum atomic E-state index is -0.368. The first-order chi connectivity index (χ1) is 3.81. The molecule has 0 spiro atoms. The van der Waals surface area contributed by atoms with E-state index >= 15 is 0 Å². The maximum Gasteiger partial charge on any atom is 0.104 e. The van der Waals surface area contributed by atoms with Crippen LogP contribution in [0.1, 0.15) is 13.3 Å². The SMILES string of the molecule is C=CCNC(O)CC. The van der Waals surface area contributed by atoms with E-state index in [1.165, 1.54) is 0 Å². The van der Waals surface area contributed by atoms with E-state index in [1.54, 1.807) is 6.08 Å². The molecule has 0 saturated heterocycles. The number of aliphatic hydroxyl groups excluding tert-OH is 1. The molecule has 8 heavy (non-hydrogen) atoms. The molecule has 0 heterocycles. The zero-order valence-electron chi connectivity index (χ0n) is 5.22. The van der Waals surface area contributed by atoms with E-state index in [2.05, 4.69) is 11.9 Å². The molecule has 0 fully saturated rings. The van der Waals surface area contributed by atoms with Crippen molar-refractivity contribution in [1.29, 1.82) is 0 Å². The van der Waals surface area contributed by atoms with Gasteiger partial charge in [-0.1, -0.05) is 13.0 Å². The third-order valence-corrected chi connectivity index (χ3v) is 0.885. The lowest BCUT2D eigenvalue weighted by Gasteiger charge is -2.05. The monoisotopic (exact) mass is 115 g/mol. The predicted octanol–water partition coefficient (Wildman–Crippen LogP) is 0.490. The third-order valence-electron chi connectivity index (χ3n) is 0.885. The molecule has 1 unspecified atom stereocenters. The van der Waals surface area contributed by atoms with Gasteiger partial charge in [0.25, 0.3) is 0 Å². The smallest absolute Gasteiger partial charge is 0.104 e. The zero-order chi connectivity index (χ0) is 6.41. The van der Waals surface area contributed by atoms with Gasteiger partial charge in [-0.25, -0.2) is 0 Å². The van der Waals surface area contributed by atoms with Crippen LogP contribution in [-0.4, -0.2) is 17.9 Å². The Kier molecular flexibility index (Phi) is 4.61. The van der Waals surface area contributed by atoms with Gasteiger partial charge < -0.3 is 5.11 Å². The zero-order valence-corrected chi connectivity index (χ0v) is 5.22.